The Morgan fingerprint density at radius 1 is 1.04 bits per heavy atom. The minimum atomic E-state index is -0.131. The number of nitrogens with one attached hydrogen (secondary N) is 2. The van der Waals surface area contributed by atoms with Crippen molar-refractivity contribution in [2.24, 2.45) is 0 Å². The fraction of sp³-hybridized carbons (Fsp3) is 0.136. The SMILES string of the molecule is O=C(N[C@@H]1C[C@@H]1c1ccccc1)c1n[nH]c2ccc(-c3cccnc3)cc12. The van der Waals surface area contributed by atoms with Crippen LogP contribution in [0.2, 0.25) is 0 Å². The molecule has 2 N–H and O–H groups in total. The summed E-state index contributed by atoms with van der Waals surface area (Å²) >= 11 is 0. The lowest BCUT2D eigenvalue weighted by Gasteiger charge is -2.04. The van der Waals surface area contributed by atoms with Gasteiger partial charge in [-0.3, -0.25) is 14.9 Å². The van der Waals surface area contributed by atoms with Crippen LogP contribution in [-0.2, 0) is 0 Å². The molecule has 2 heterocycles. The van der Waals surface area contributed by atoms with E-state index in [1.54, 1.807) is 6.20 Å². The number of amides is 1. The van der Waals surface area contributed by atoms with Crippen LogP contribution in [0.15, 0.2) is 73.1 Å². The predicted molar refractivity (Wildman–Crippen MR) is 104 cm³/mol. The molecule has 2 aromatic carbocycles. The van der Waals surface area contributed by atoms with Gasteiger partial charge in [0, 0.05) is 35.3 Å². The second-order valence-corrected chi connectivity index (χ2v) is 6.91. The number of pyridine rings is 1. The first-order chi connectivity index (χ1) is 13.3. The van der Waals surface area contributed by atoms with Gasteiger partial charge >= 0.3 is 0 Å². The zero-order valence-corrected chi connectivity index (χ0v) is 14.6. The summed E-state index contributed by atoms with van der Waals surface area (Å²) in [4.78, 5) is 17.0. The first kappa shape index (κ1) is 15.8. The highest BCUT2D eigenvalue weighted by Gasteiger charge is 2.39. The number of H-pyrrole nitrogens is 1. The van der Waals surface area contributed by atoms with Crippen LogP contribution in [0.1, 0.15) is 28.4 Å². The summed E-state index contributed by atoms with van der Waals surface area (Å²) in [5, 5.41) is 11.2. The molecule has 5 nitrogen and oxygen atoms in total. The van der Waals surface area contributed by atoms with Gasteiger partial charge in [-0.1, -0.05) is 42.5 Å². The van der Waals surface area contributed by atoms with E-state index in [0.29, 0.717) is 11.6 Å². The van der Waals surface area contributed by atoms with Crippen molar-refractivity contribution < 1.29 is 4.79 Å². The van der Waals surface area contributed by atoms with Gasteiger partial charge < -0.3 is 5.32 Å². The lowest BCUT2D eigenvalue weighted by atomic mass is 10.0. The number of hydrogen-bond donors (Lipinski definition) is 2. The quantitative estimate of drug-likeness (QED) is 0.584. The van der Waals surface area contributed by atoms with Gasteiger partial charge in [0.1, 0.15) is 0 Å². The number of carbonyl (C=O) groups excluding carboxylic acids is 1. The van der Waals surface area contributed by atoms with E-state index in [2.05, 4.69) is 32.6 Å². The number of aromatic nitrogens is 3. The van der Waals surface area contributed by atoms with E-state index in [-0.39, 0.29) is 11.9 Å². The van der Waals surface area contributed by atoms with Gasteiger partial charge in [-0.2, -0.15) is 5.10 Å². The Kier molecular flexibility index (Phi) is 3.71. The Balaban J connectivity index is 1.39. The van der Waals surface area contributed by atoms with Gasteiger partial charge in [-0.15, -0.1) is 0 Å². The number of hydrogen-bond acceptors (Lipinski definition) is 3. The standard InChI is InChI=1S/C22H18N4O/c27-22(24-20-12-17(20)14-5-2-1-3-6-14)21-18-11-15(8-9-19(18)25-26-21)16-7-4-10-23-13-16/h1-11,13,17,20H,12H2,(H,24,27)(H,25,26)/t17-,20-/m1/s1. The maximum atomic E-state index is 12.8. The molecule has 0 saturated heterocycles. The van der Waals surface area contributed by atoms with E-state index in [0.717, 1.165) is 28.5 Å². The third kappa shape index (κ3) is 2.97. The summed E-state index contributed by atoms with van der Waals surface area (Å²) in [5.74, 6) is 0.263. The Morgan fingerprint density at radius 2 is 1.93 bits per heavy atom. The summed E-state index contributed by atoms with van der Waals surface area (Å²) in [6.45, 7) is 0. The molecule has 2 aromatic heterocycles. The minimum absolute atomic E-state index is 0.131. The van der Waals surface area contributed by atoms with Crippen molar-refractivity contribution in [3.63, 3.8) is 0 Å². The molecule has 27 heavy (non-hydrogen) atoms. The summed E-state index contributed by atoms with van der Waals surface area (Å²) in [6, 6.07) is 20.3. The molecule has 0 bridgehead atoms. The maximum absolute atomic E-state index is 12.8. The van der Waals surface area contributed by atoms with Crippen molar-refractivity contribution in [3.05, 3.63) is 84.3 Å². The van der Waals surface area contributed by atoms with Crippen LogP contribution in [0.25, 0.3) is 22.0 Å². The fourth-order valence-corrected chi connectivity index (χ4v) is 3.56. The molecule has 4 aromatic rings. The van der Waals surface area contributed by atoms with E-state index >= 15 is 0 Å². The van der Waals surface area contributed by atoms with Gasteiger partial charge in [0.2, 0.25) is 0 Å². The average Bonchev–Trinajstić information content (AvgIpc) is 3.36. The first-order valence-corrected chi connectivity index (χ1v) is 9.04. The third-order valence-corrected chi connectivity index (χ3v) is 5.11. The average molecular weight is 354 g/mol. The molecular formula is C22H18N4O. The van der Waals surface area contributed by atoms with Crippen molar-refractivity contribution in [2.75, 3.05) is 0 Å². The Bertz CT molecular complexity index is 1110. The molecular weight excluding hydrogens is 336 g/mol. The Labute approximate surface area is 156 Å². The van der Waals surface area contributed by atoms with Gasteiger partial charge in [0.15, 0.2) is 5.69 Å². The number of rotatable bonds is 4. The number of carbonyl (C=O) groups is 1. The zero-order valence-electron chi connectivity index (χ0n) is 14.6. The topological polar surface area (TPSA) is 70.7 Å². The Hall–Kier alpha value is -3.47. The van der Waals surface area contributed by atoms with Gasteiger partial charge in [0.25, 0.3) is 5.91 Å². The lowest BCUT2D eigenvalue weighted by molar-refractivity contribution is 0.0947. The molecule has 132 valence electrons. The summed E-state index contributed by atoms with van der Waals surface area (Å²) in [6.07, 6.45) is 4.53. The van der Waals surface area contributed by atoms with E-state index in [1.165, 1.54) is 5.56 Å². The van der Waals surface area contributed by atoms with Crippen LogP contribution in [0.4, 0.5) is 0 Å². The summed E-state index contributed by atoms with van der Waals surface area (Å²) < 4.78 is 0. The molecule has 1 saturated carbocycles. The highest BCUT2D eigenvalue weighted by molar-refractivity contribution is 6.05. The van der Waals surface area contributed by atoms with E-state index in [1.807, 2.05) is 54.7 Å². The number of nitrogens with zero attached hydrogens (tertiary/aromatic N) is 2. The molecule has 0 unspecified atom stereocenters. The maximum Gasteiger partial charge on any atom is 0.272 e. The van der Waals surface area contributed by atoms with Crippen molar-refractivity contribution in [1.29, 1.82) is 0 Å². The Morgan fingerprint density at radius 3 is 2.74 bits per heavy atom. The molecule has 1 amide bonds. The summed E-state index contributed by atoms with van der Waals surface area (Å²) in [7, 11) is 0. The van der Waals surface area contributed by atoms with Gasteiger partial charge in [0.05, 0.1) is 5.52 Å². The minimum Gasteiger partial charge on any atom is -0.347 e. The molecule has 0 spiro atoms. The van der Waals surface area contributed by atoms with Crippen LogP contribution < -0.4 is 5.32 Å². The second kappa shape index (κ2) is 6.36. The molecule has 1 aliphatic carbocycles. The number of aromatic amines is 1. The number of fused-ring (bicyclic) bond motifs is 1. The highest BCUT2D eigenvalue weighted by Crippen LogP contribution is 2.40. The fourth-order valence-electron chi connectivity index (χ4n) is 3.56. The first-order valence-electron chi connectivity index (χ1n) is 9.04. The predicted octanol–water partition coefficient (Wildman–Crippen LogP) is 3.91. The molecule has 2 atom stereocenters. The van der Waals surface area contributed by atoms with Crippen molar-refractivity contribution in [3.8, 4) is 11.1 Å². The molecule has 0 radical (unpaired) electrons. The highest BCUT2D eigenvalue weighted by atomic mass is 16.2. The van der Waals surface area contributed by atoms with E-state index < -0.39 is 0 Å². The lowest BCUT2D eigenvalue weighted by Crippen LogP contribution is -2.27. The van der Waals surface area contributed by atoms with Crippen LogP contribution in [0.5, 0.6) is 0 Å². The zero-order chi connectivity index (χ0) is 18.2. The number of benzene rings is 2. The second-order valence-electron chi connectivity index (χ2n) is 6.91. The third-order valence-electron chi connectivity index (χ3n) is 5.11. The monoisotopic (exact) mass is 354 g/mol. The molecule has 0 aliphatic heterocycles. The molecule has 5 heteroatoms. The van der Waals surface area contributed by atoms with Crippen molar-refractivity contribution in [2.45, 2.75) is 18.4 Å². The van der Waals surface area contributed by atoms with Crippen LogP contribution in [0, 0.1) is 0 Å². The molecule has 5 rings (SSSR count). The molecule has 1 fully saturated rings. The normalized spacial score (nSPS) is 18.4. The van der Waals surface area contributed by atoms with Gasteiger partial charge in [-0.05, 0) is 35.7 Å². The van der Waals surface area contributed by atoms with E-state index in [4.69, 9.17) is 0 Å². The van der Waals surface area contributed by atoms with Gasteiger partial charge in [-0.25, -0.2) is 0 Å². The molecule has 1 aliphatic rings. The van der Waals surface area contributed by atoms with Crippen LogP contribution in [0.3, 0.4) is 0 Å². The summed E-state index contributed by atoms with van der Waals surface area (Å²) in [5.41, 5.74) is 4.59. The van der Waals surface area contributed by atoms with Crippen LogP contribution >= 0.6 is 0 Å². The van der Waals surface area contributed by atoms with E-state index in [9.17, 15) is 4.79 Å². The van der Waals surface area contributed by atoms with Crippen LogP contribution in [-0.4, -0.2) is 27.1 Å². The largest absolute Gasteiger partial charge is 0.347 e. The smallest absolute Gasteiger partial charge is 0.272 e. The van der Waals surface area contributed by atoms with Crippen molar-refractivity contribution >= 4 is 16.8 Å². The van der Waals surface area contributed by atoms with Crippen molar-refractivity contribution in [1.82, 2.24) is 20.5 Å².